The van der Waals surface area contributed by atoms with Crippen LogP contribution in [0.25, 0.3) is 0 Å². The van der Waals surface area contributed by atoms with Crippen molar-refractivity contribution in [1.29, 1.82) is 0 Å². The van der Waals surface area contributed by atoms with Crippen molar-refractivity contribution in [3.05, 3.63) is 29.3 Å². The Labute approximate surface area is 245 Å². The molecule has 0 saturated heterocycles. The van der Waals surface area contributed by atoms with Gasteiger partial charge in [0.2, 0.25) is 11.8 Å². The third kappa shape index (κ3) is 11.6. The van der Waals surface area contributed by atoms with Crippen LogP contribution in [0.1, 0.15) is 98.7 Å². The summed E-state index contributed by atoms with van der Waals surface area (Å²) in [6.45, 7) is 18.4. The van der Waals surface area contributed by atoms with Gasteiger partial charge in [0.25, 0.3) is 0 Å². The third-order valence-corrected chi connectivity index (χ3v) is 6.52. The molecule has 3 unspecified atom stereocenters. The van der Waals surface area contributed by atoms with Gasteiger partial charge in [-0.05, 0) is 71.8 Å². The van der Waals surface area contributed by atoms with Crippen molar-refractivity contribution in [2.75, 3.05) is 13.2 Å². The number of alkyl carbamates (subject to hydrolysis) is 1. The van der Waals surface area contributed by atoms with Crippen molar-refractivity contribution in [3.63, 3.8) is 0 Å². The summed E-state index contributed by atoms with van der Waals surface area (Å²) in [7, 11) is 0. The van der Waals surface area contributed by atoms with Crippen LogP contribution in [0.3, 0.4) is 0 Å². The molecule has 3 atom stereocenters. The van der Waals surface area contributed by atoms with Crippen LogP contribution in [0.5, 0.6) is 5.75 Å². The number of para-hydroxylation sites is 1. The molecule has 0 bridgehead atoms. The van der Waals surface area contributed by atoms with E-state index in [1.54, 1.807) is 66.7 Å². The van der Waals surface area contributed by atoms with Gasteiger partial charge in [0, 0.05) is 18.2 Å². The summed E-state index contributed by atoms with van der Waals surface area (Å²) in [4.78, 5) is 54.3. The first-order valence-electron chi connectivity index (χ1n) is 14.5. The van der Waals surface area contributed by atoms with Crippen LogP contribution < -0.4 is 10.6 Å². The van der Waals surface area contributed by atoms with E-state index >= 15 is 0 Å². The van der Waals surface area contributed by atoms with Crippen LogP contribution in [0.4, 0.5) is 4.79 Å². The first-order valence-corrected chi connectivity index (χ1v) is 14.5. The number of hydrogen-bond donors (Lipinski definition) is 3. The van der Waals surface area contributed by atoms with E-state index in [0.717, 1.165) is 6.42 Å². The van der Waals surface area contributed by atoms with E-state index in [4.69, 9.17) is 9.47 Å². The maximum atomic E-state index is 14.4. The summed E-state index contributed by atoms with van der Waals surface area (Å²) in [5, 5.41) is 16.5. The number of nitrogens with one attached hydrogen (secondary N) is 2. The van der Waals surface area contributed by atoms with Gasteiger partial charge in [-0.1, -0.05) is 45.9 Å². The maximum Gasteiger partial charge on any atom is 0.408 e. The van der Waals surface area contributed by atoms with Crippen LogP contribution in [-0.2, 0) is 23.9 Å². The van der Waals surface area contributed by atoms with Crippen LogP contribution in [0.2, 0.25) is 0 Å². The molecular weight excluding hydrogens is 526 g/mol. The van der Waals surface area contributed by atoms with Crippen molar-refractivity contribution in [1.82, 2.24) is 15.5 Å². The number of amides is 3. The summed E-state index contributed by atoms with van der Waals surface area (Å²) in [6.07, 6.45) is 0.582. The van der Waals surface area contributed by atoms with Gasteiger partial charge in [0.1, 0.15) is 23.4 Å². The highest BCUT2D eigenvalue weighted by Gasteiger charge is 2.41. The summed E-state index contributed by atoms with van der Waals surface area (Å²) in [5.74, 6) is -1.59. The highest BCUT2D eigenvalue weighted by Crippen LogP contribution is 2.35. The standard InChI is InChI=1S/C31H51N3O7/c1-11-40-24(35)17-18-32-28(37)26(23-14-12-13-21(6)27(23)36)34(22(7)16-15-19(2)3)29(38)25(20(4)5)33-30(39)41-31(8,9)10/h12-14,19-20,22,25-26,36H,11,15-18H2,1-10H3,(H,32,37)(H,33,39). The third-order valence-electron chi connectivity index (χ3n) is 6.52. The highest BCUT2D eigenvalue weighted by molar-refractivity contribution is 5.93. The van der Waals surface area contributed by atoms with Crippen LogP contribution in [-0.4, -0.2) is 64.7 Å². The number of aryl methyl sites for hydroxylation is 1. The highest BCUT2D eigenvalue weighted by atomic mass is 16.6. The first kappa shape index (κ1) is 35.7. The van der Waals surface area contributed by atoms with Crippen molar-refractivity contribution >= 4 is 23.9 Å². The number of carbonyl (C=O) groups excluding carboxylic acids is 4. The molecule has 0 radical (unpaired) electrons. The number of rotatable bonds is 14. The van der Waals surface area contributed by atoms with E-state index in [9.17, 15) is 24.3 Å². The number of benzene rings is 1. The summed E-state index contributed by atoms with van der Waals surface area (Å²) in [6, 6.07) is 2.36. The second-order valence-electron chi connectivity index (χ2n) is 12.2. The molecule has 3 N–H and O–H groups in total. The van der Waals surface area contributed by atoms with E-state index < -0.39 is 47.6 Å². The molecule has 0 heterocycles. The Bertz CT molecular complexity index is 1030. The lowest BCUT2D eigenvalue weighted by molar-refractivity contribution is -0.147. The number of phenols is 1. The fourth-order valence-electron chi connectivity index (χ4n) is 4.36. The molecule has 1 aromatic carbocycles. The molecular formula is C31H51N3O7. The molecule has 1 aromatic rings. The summed E-state index contributed by atoms with van der Waals surface area (Å²) < 4.78 is 10.4. The largest absolute Gasteiger partial charge is 0.507 e. The number of ether oxygens (including phenoxy) is 2. The van der Waals surface area contributed by atoms with Crippen molar-refractivity contribution in [2.24, 2.45) is 11.8 Å². The molecule has 0 aliphatic rings. The normalized spacial score (nSPS) is 13.8. The quantitative estimate of drug-likeness (QED) is 0.265. The Hall–Kier alpha value is -3.30. The number of aromatic hydroxyl groups is 1. The lowest BCUT2D eigenvalue weighted by atomic mass is 9.93. The number of hydrogen-bond acceptors (Lipinski definition) is 7. The van der Waals surface area contributed by atoms with Crippen molar-refractivity contribution in [3.8, 4) is 5.75 Å². The molecule has 10 nitrogen and oxygen atoms in total. The molecule has 232 valence electrons. The number of carbonyl (C=O) groups is 4. The Balaban J connectivity index is 3.63. The van der Waals surface area contributed by atoms with Gasteiger partial charge in [-0.15, -0.1) is 0 Å². The van der Waals surface area contributed by atoms with Crippen LogP contribution in [0, 0.1) is 18.8 Å². The number of nitrogens with zero attached hydrogens (tertiary/aromatic N) is 1. The minimum atomic E-state index is -1.23. The zero-order valence-electron chi connectivity index (χ0n) is 26.5. The average molecular weight is 578 g/mol. The topological polar surface area (TPSA) is 134 Å². The van der Waals surface area contributed by atoms with Gasteiger partial charge in [-0.2, -0.15) is 0 Å². The van der Waals surface area contributed by atoms with Crippen molar-refractivity contribution < 1.29 is 33.8 Å². The smallest absolute Gasteiger partial charge is 0.408 e. The van der Waals surface area contributed by atoms with Gasteiger partial charge in [-0.3, -0.25) is 14.4 Å². The average Bonchev–Trinajstić information content (AvgIpc) is 2.84. The minimum Gasteiger partial charge on any atom is -0.507 e. The van der Waals surface area contributed by atoms with E-state index in [2.05, 4.69) is 24.5 Å². The van der Waals surface area contributed by atoms with Gasteiger partial charge in [0.15, 0.2) is 0 Å². The fourth-order valence-corrected chi connectivity index (χ4v) is 4.36. The van der Waals surface area contributed by atoms with Gasteiger partial charge in [0.05, 0.1) is 13.0 Å². The van der Waals surface area contributed by atoms with Crippen LogP contribution >= 0.6 is 0 Å². The molecule has 0 aliphatic carbocycles. The van der Waals surface area contributed by atoms with Crippen molar-refractivity contribution in [2.45, 2.75) is 112 Å². The molecule has 10 heteroatoms. The molecule has 0 aliphatic heterocycles. The monoisotopic (exact) mass is 577 g/mol. The van der Waals surface area contributed by atoms with Gasteiger partial charge in [-0.25, -0.2) is 4.79 Å². The Morgan fingerprint density at radius 2 is 1.66 bits per heavy atom. The lowest BCUT2D eigenvalue weighted by Gasteiger charge is -2.39. The predicted molar refractivity (Wildman–Crippen MR) is 158 cm³/mol. The second kappa shape index (κ2) is 16.2. The molecule has 3 amide bonds. The Morgan fingerprint density at radius 1 is 1.02 bits per heavy atom. The molecule has 0 saturated carbocycles. The van der Waals surface area contributed by atoms with Crippen LogP contribution in [0.15, 0.2) is 18.2 Å². The fraction of sp³-hybridized carbons (Fsp3) is 0.677. The van der Waals surface area contributed by atoms with E-state index in [1.165, 1.54) is 4.90 Å². The summed E-state index contributed by atoms with van der Waals surface area (Å²) in [5.41, 5.74) is 0.0256. The number of phenolic OH excluding ortho intramolecular Hbond substituents is 1. The van der Waals surface area contributed by atoms with E-state index in [1.807, 2.05) is 6.92 Å². The zero-order valence-corrected chi connectivity index (χ0v) is 26.5. The Kier molecular flexibility index (Phi) is 14.1. The molecule has 0 fully saturated rings. The predicted octanol–water partition coefficient (Wildman–Crippen LogP) is 5.01. The molecule has 1 rings (SSSR count). The Morgan fingerprint density at radius 3 is 2.20 bits per heavy atom. The summed E-state index contributed by atoms with van der Waals surface area (Å²) >= 11 is 0. The van der Waals surface area contributed by atoms with Gasteiger partial charge < -0.3 is 30.1 Å². The van der Waals surface area contributed by atoms with Gasteiger partial charge >= 0.3 is 12.1 Å². The minimum absolute atomic E-state index is 0.00703. The second-order valence-corrected chi connectivity index (χ2v) is 12.2. The maximum absolute atomic E-state index is 14.4. The lowest BCUT2D eigenvalue weighted by Crippen LogP contribution is -2.57. The molecule has 0 aromatic heterocycles. The number of esters is 1. The SMILES string of the molecule is CCOC(=O)CCNC(=O)C(c1cccc(C)c1O)N(C(=O)C(NC(=O)OC(C)(C)C)C(C)C)C(C)CCC(C)C. The molecule has 41 heavy (non-hydrogen) atoms. The zero-order chi connectivity index (χ0) is 31.5. The molecule has 0 spiro atoms. The van der Waals surface area contributed by atoms with E-state index in [0.29, 0.717) is 17.9 Å². The first-order chi connectivity index (χ1) is 19.0. The van der Waals surface area contributed by atoms with E-state index in [-0.39, 0.29) is 36.8 Å².